The molecule has 0 bridgehead atoms. The quantitative estimate of drug-likeness (QED) is 0.912. The second-order valence-corrected chi connectivity index (χ2v) is 5.18. The zero-order valence-corrected chi connectivity index (χ0v) is 12.4. The highest BCUT2D eigenvalue weighted by Crippen LogP contribution is 2.26. The smallest absolute Gasteiger partial charge is 0.137 e. The van der Waals surface area contributed by atoms with Gasteiger partial charge in [0.15, 0.2) is 0 Å². The summed E-state index contributed by atoms with van der Waals surface area (Å²) in [6.45, 7) is 1.42. The SMILES string of the molecule is COc1ccc(CN(C)Cc2ccccc2O)cc1Cl. The number of phenols is 1. The van der Waals surface area contributed by atoms with Gasteiger partial charge in [-0.15, -0.1) is 0 Å². The highest BCUT2D eigenvalue weighted by atomic mass is 35.5. The molecule has 2 rings (SSSR count). The van der Waals surface area contributed by atoms with Crippen LogP contribution in [0.1, 0.15) is 11.1 Å². The molecule has 3 nitrogen and oxygen atoms in total. The van der Waals surface area contributed by atoms with E-state index in [1.165, 1.54) is 0 Å². The third-order valence-electron chi connectivity index (χ3n) is 3.10. The molecule has 0 amide bonds. The number of hydrogen-bond acceptors (Lipinski definition) is 3. The Morgan fingerprint density at radius 3 is 2.55 bits per heavy atom. The van der Waals surface area contributed by atoms with Gasteiger partial charge in [0, 0.05) is 18.7 Å². The average molecular weight is 292 g/mol. The summed E-state index contributed by atoms with van der Waals surface area (Å²) in [5, 5.41) is 10.4. The summed E-state index contributed by atoms with van der Waals surface area (Å²) in [6.07, 6.45) is 0. The lowest BCUT2D eigenvalue weighted by Gasteiger charge is -2.18. The molecule has 0 atom stereocenters. The van der Waals surface area contributed by atoms with E-state index in [2.05, 4.69) is 4.90 Å². The average Bonchev–Trinajstić information content (AvgIpc) is 2.41. The lowest BCUT2D eigenvalue weighted by molar-refractivity contribution is 0.312. The predicted octanol–water partition coefficient (Wildman–Crippen LogP) is 3.69. The number of halogens is 1. The number of methoxy groups -OCH3 is 1. The minimum atomic E-state index is 0.326. The Morgan fingerprint density at radius 2 is 1.90 bits per heavy atom. The maximum Gasteiger partial charge on any atom is 0.137 e. The predicted molar refractivity (Wildman–Crippen MR) is 81.3 cm³/mol. The molecule has 2 aromatic carbocycles. The number of para-hydroxylation sites is 1. The van der Waals surface area contributed by atoms with Crippen LogP contribution in [0.25, 0.3) is 0 Å². The van der Waals surface area contributed by atoms with Crippen molar-refractivity contribution in [2.45, 2.75) is 13.1 Å². The van der Waals surface area contributed by atoms with Gasteiger partial charge in [-0.1, -0.05) is 35.9 Å². The second-order valence-electron chi connectivity index (χ2n) is 4.77. The van der Waals surface area contributed by atoms with Crippen LogP contribution in [0, 0.1) is 0 Å². The van der Waals surface area contributed by atoms with Crippen LogP contribution >= 0.6 is 11.6 Å². The van der Waals surface area contributed by atoms with E-state index in [1.807, 2.05) is 43.4 Å². The Morgan fingerprint density at radius 1 is 1.15 bits per heavy atom. The van der Waals surface area contributed by atoms with E-state index in [0.29, 0.717) is 23.1 Å². The summed E-state index contributed by atoms with van der Waals surface area (Å²) < 4.78 is 5.14. The monoisotopic (exact) mass is 291 g/mol. The van der Waals surface area contributed by atoms with Gasteiger partial charge < -0.3 is 9.84 Å². The molecule has 0 aliphatic heterocycles. The Hall–Kier alpha value is -1.71. The molecule has 0 aliphatic rings. The van der Waals surface area contributed by atoms with E-state index >= 15 is 0 Å². The molecule has 4 heteroatoms. The topological polar surface area (TPSA) is 32.7 Å². The van der Waals surface area contributed by atoms with Crippen LogP contribution in [0.2, 0.25) is 5.02 Å². The first-order valence-corrected chi connectivity index (χ1v) is 6.76. The van der Waals surface area contributed by atoms with Crippen molar-refractivity contribution in [3.05, 3.63) is 58.6 Å². The maximum absolute atomic E-state index is 9.77. The van der Waals surface area contributed by atoms with Crippen LogP contribution in [0.3, 0.4) is 0 Å². The Labute approximate surface area is 124 Å². The Bertz CT molecular complexity index is 586. The summed E-state index contributed by atoms with van der Waals surface area (Å²) >= 11 is 6.11. The van der Waals surface area contributed by atoms with Crippen LogP contribution in [0.4, 0.5) is 0 Å². The fraction of sp³-hybridized carbons (Fsp3) is 0.250. The van der Waals surface area contributed by atoms with E-state index in [-0.39, 0.29) is 0 Å². The molecule has 0 heterocycles. The van der Waals surface area contributed by atoms with Gasteiger partial charge in [-0.25, -0.2) is 0 Å². The number of ether oxygens (including phenoxy) is 1. The summed E-state index contributed by atoms with van der Waals surface area (Å²) in [7, 11) is 3.61. The lowest BCUT2D eigenvalue weighted by Crippen LogP contribution is -2.17. The Balaban J connectivity index is 2.03. The van der Waals surface area contributed by atoms with Crippen molar-refractivity contribution in [3.63, 3.8) is 0 Å². The van der Waals surface area contributed by atoms with Crippen molar-refractivity contribution in [1.29, 1.82) is 0 Å². The molecule has 1 N–H and O–H groups in total. The van der Waals surface area contributed by atoms with Crippen LogP contribution in [0.5, 0.6) is 11.5 Å². The molecule has 2 aromatic rings. The highest BCUT2D eigenvalue weighted by Gasteiger charge is 2.07. The lowest BCUT2D eigenvalue weighted by atomic mass is 10.1. The number of phenolic OH excluding ortho intramolecular Hbond substituents is 1. The molecule has 0 aliphatic carbocycles. The minimum absolute atomic E-state index is 0.326. The number of nitrogens with zero attached hydrogens (tertiary/aromatic N) is 1. The van der Waals surface area contributed by atoms with Crippen LogP contribution in [0.15, 0.2) is 42.5 Å². The zero-order valence-electron chi connectivity index (χ0n) is 11.6. The van der Waals surface area contributed by atoms with Gasteiger partial charge in [-0.3, -0.25) is 4.90 Å². The molecular weight excluding hydrogens is 274 g/mol. The van der Waals surface area contributed by atoms with E-state index in [1.54, 1.807) is 13.2 Å². The largest absolute Gasteiger partial charge is 0.508 e. The third kappa shape index (κ3) is 3.65. The van der Waals surface area contributed by atoms with Crippen LogP contribution in [-0.2, 0) is 13.1 Å². The number of aromatic hydroxyl groups is 1. The molecule has 0 saturated heterocycles. The molecule has 0 saturated carbocycles. The van der Waals surface area contributed by atoms with Crippen molar-refractivity contribution >= 4 is 11.6 Å². The molecule has 0 spiro atoms. The third-order valence-corrected chi connectivity index (χ3v) is 3.40. The maximum atomic E-state index is 9.77. The van der Waals surface area contributed by atoms with Gasteiger partial charge in [0.05, 0.1) is 12.1 Å². The number of rotatable bonds is 5. The highest BCUT2D eigenvalue weighted by molar-refractivity contribution is 6.32. The molecule has 0 radical (unpaired) electrons. The zero-order chi connectivity index (χ0) is 14.5. The van der Waals surface area contributed by atoms with E-state index < -0.39 is 0 Å². The number of benzene rings is 2. The second kappa shape index (κ2) is 6.64. The molecular formula is C16H18ClNO2. The van der Waals surface area contributed by atoms with Gasteiger partial charge >= 0.3 is 0 Å². The van der Waals surface area contributed by atoms with Gasteiger partial charge in [0.1, 0.15) is 11.5 Å². The molecule has 106 valence electrons. The molecule has 0 fully saturated rings. The normalized spacial score (nSPS) is 10.8. The van der Waals surface area contributed by atoms with Gasteiger partial charge in [0.25, 0.3) is 0 Å². The van der Waals surface area contributed by atoms with Gasteiger partial charge in [-0.05, 0) is 30.8 Å². The van der Waals surface area contributed by atoms with Gasteiger partial charge in [0.2, 0.25) is 0 Å². The van der Waals surface area contributed by atoms with E-state index in [9.17, 15) is 5.11 Å². The number of hydrogen-bond donors (Lipinski definition) is 1. The summed E-state index contributed by atoms with van der Waals surface area (Å²) in [6, 6.07) is 13.1. The van der Waals surface area contributed by atoms with E-state index in [0.717, 1.165) is 17.7 Å². The van der Waals surface area contributed by atoms with Crippen molar-refractivity contribution in [2.75, 3.05) is 14.2 Å². The van der Waals surface area contributed by atoms with Gasteiger partial charge in [-0.2, -0.15) is 0 Å². The molecule has 0 aromatic heterocycles. The summed E-state index contributed by atoms with van der Waals surface area (Å²) in [5.74, 6) is 1.01. The van der Waals surface area contributed by atoms with Crippen molar-refractivity contribution in [3.8, 4) is 11.5 Å². The van der Waals surface area contributed by atoms with Crippen molar-refractivity contribution in [2.24, 2.45) is 0 Å². The molecule has 20 heavy (non-hydrogen) atoms. The minimum Gasteiger partial charge on any atom is -0.508 e. The fourth-order valence-electron chi connectivity index (χ4n) is 2.11. The van der Waals surface area contributed by atoms with Crippen LogP contribution < -0.4 is 4.74 Å². The summed E-state index contributed by atoms with van der Waals surface area (Å²) in [5.41, 5.74) is 2.02. The Kier molecular flexibility index (Phi) is 4.88. The standard InChI is InChI=1S/C16H18ClNO2/c1-18(11-13-5-3-4-6-15(13)19)10-12-7-8-16(20-2)14(17)9-12/h3-9,19H,10-11H2,1-2H3. The van der Waals surface area contributed by atoms with Crippen LogP contribution in [-0.4, -0.2) is 24.2 Å². The first-order valence-electron chi connectivity index (χ1n) is 6.38. The first-order chi connectivity index (χ1) is 9.60. The van der Waals surface area contributed by atoms with Crippen molar-refractivity contribution in [1.82, 2.24) is 4.90 Å². The van der Waals surface area contributed by atoms with E-state index in [4.69, 9.17) is 16.3 Å². The van der Waals surface area contributed by atoms with Crippen molar-refractivity contribution < 1.29 is 9.84 Å². The fourth-order valence-corrected chi connectivity index (χ4v) is 2.39. The molecule has 0 unspecified atom stereocenters. The summed E-state index contributed by atoms with van der Waals surface area (Å²) in [4.78, 5) is 2.12. The first kappa shape index (κ1) is 14.7.